The predicted molar refractivity (Wildman–Crippen MR) is 84.7 cm³/mol. The molecule has 1 aliphatic rings. The van der Waals surface area contributed by atoms with Crippen LogP contribution in [0.3, 0.4) is 0 Å². The molecule has 1 aliphatic carbocycles. The molecule has 0 unspecified atom stereocenters. The van der Waals surface area contributed by atoms with Crippen molar-refractivity contribution in [2.45, 2.75) is 19.3 Å². The van der Waals surface area contributed by atoms with Crippen molar-refractivity contribution >= 4 is 49.9 Å². The standard InChI is InChI=1S/C14H10N2O4S2/c1-20-9(17)5-8-12(18)16-13(19)10-6-3-2-4-7(6)21-11(10)15-14(16)22-8/h5H,2-4H2,1H3/b8-5-. The lowest BCUT2D eigenvalue weighted by Crippen LogP contribution is -2.31. The Labute approximate surface area is 131 Å². The highest BCUT2D eigenvalue weighted by Crippen LogP contribution is 2.34. The maximum absolute atomic E-state index is 12.7. The number of fused-ring (bicyclic) bond motifs is 4. The van der Waals surface area contributed by atoms with Gasteiger partial charge in [-0.15, -0.1) is 11.3 Å². The molecule has 0 saturated carbocycles. The third-order valence-corrected chi connectivity index (χ3v) is 5.93. The second kappa shape index (κ2) is 4.72. The van der Waals surface area contributed by atoms with Crippen LogP contribution < -0.4 is 15.7 Å². The molecule has 6 nitrogen and oxygen atoms in total. The van der Waals surface area contributed by atoms with E-state index in [9.17, 15) is 14.4 Å². The van der Waals surface area contributed by atoms with Crippen molar-refractivity contribution in [3.63, 3.8) is 0 Å². The molecule has 0 aliphatic heterocycles. The summed E-state index contributed by atoms with van der Waals surface area (Å²) in [6.45, 7) is 0. The molecule has 22 heavy (non-hydrogen) atoms. The number of ether oxygens (including phenoxy) is 1. The molecule has 0 radical (unpaired) electrons. The van der Waals surface area contributed by atoms with Crippen LogP contribution in [-0.2, 0) is 22.4 Å². The van der Waals surface area contributed by atoms with E-state index in [1.54, 1.807) is 0 Å². The SMILES string of the molecule is COC(=O)/C=c1\sc2nc3sc4c(c3c(=O)n2c1=O)CCC4. The first-order chi connectivity index (χ1) is 10.6. The third kappa shape index (κ3) is 1.77. The van der Waals surface area contributed by atoms with Gasteiger partial charge in [-0.3, -0.25) is 9.59 Å². The van der Waals surface area contributed by atoms with Crippen LogP contribution in [-0.4, -0.2) is 22.5 Å². The number of rotatable bonds is 1. The summed E-state index contributed by atoms with van der Waals surface area (Å²) in [5, 5.41) is 0.564. The number of aromatic nitrogens is 2. The molecule has 0 spiro atoms. The Morgan fingerprint density at radius 1 is 1.27 bits per heavy atom. The molecule has 8 heteroatoms. The number of carbonyl (C=O) groups is 1. The van der Waals surface area contributed by atoms with Crippen LogP contribution in [0.1, 0.15) is 16.9 Å². The minimum absolute atomic E-state index is 0.158. The van der Waals surface area contributed by atoms with Crippen LogP contribution in [0.15, 0.2) is 9.59 Å². The summed E-state index contributed by atoms with van der Waals surface area (Å²) >= 11 is 2.55. The van der Waals surface area contributed by atoms with Crippen molar-refractivity contribution in [1.82, 2.24) is 9.38 Å². The lowest BCUT2D eigenvalue weighted by Gasteiger charge is -1.94. The Balaban J connectivity index is 2.14. The number of aryl methyl sites for hydroxylation is 2. The average molecular weight is 334 g/mol. The maximum Gasteiger partial charge on any atom is 0.332 e. The lowest BCUT2D eigenvalue weighted by molar-refractivity contribution is -0.133. The number of hydrogen-bond donors (Lipinski definition) is 0. The van der Waals surface area contributed by atoms with Crippen LogP contribution >= 0.6 is 22.7 Å². The molecule has 0 fully saturated rings. The molecule has 0 amide bonds. The molecular weight excluding hydrogens is 324 g/mol. The largest absolute Gasteiger partial charge is 0.466 e. The van der Waals surface area contributed by atoms with Gasteiger partial charge in [0.1, 0.15) is 9.36 Å². The average Bonchev–Trinajstić information content (AvgIpc) is 3.13. The predicted octanol–water partition coefficient (Wildman–Crippen LogP) is 0.492. The topological polar surface area (TPSA) is 77.7 Å². The van der Waals surface area contributed by atoms with Crippen LogP contribution in [0.5, 0.6) is 0 Å². The number of carbonyl (C=O) groups excluding carboxylic acids is 1. The van der Waals surface area contributed by atoms with E-state index in [4.69, 9.17) is 0 Å². The number of hydrogen-bond acceptors (Lipinski definition) is 7. The van der Waals surface area contributed by atoms with Crippen molar-refractivity contribution in [1.29, 1.82) is 0 Å². The van der Waals surface area contributed by atoms with Crippen LogP contribution in [0.4, 0.5) is 0 Å². The van der Waals surface area contributed by atoms with Gasteiger partial charge in [-0.2, -0.15) is 0 Å². The number of thiazole rings is 1. The second-order valence-corrected chi connectivity index (χ2v) is 7.10. The second-order valence-electron chi connectivity index (χ2n) is 5.01. The van der Waals surface area contributed by atoms with Crippen molar-refractivity contribution in [2.75, 3.05) is 7.11 Å². The Bertz CT molecular complexity index is 1110. The van der Waals surface area contributed by atoms with E-state index >= 15 is 0 Å². The number of esters is 1. The Morgan fingerprint density at radius 2 is 2.09 bits per heavy atom. The Morgan fingerprint density at radius 3 is 2.86 bits per heavy atom. The monoisotopic (exact) mass is 334 g/mol. The summed E-state index contributed by atoms with van der Waals surface area (Å²) in [4.78, 5) is 43.0. The van der Waals surface area contributed by atoms with Crippen LogP contribution in [0.2, 0.25) is 0 Å². The van der Waals surface area contributed by atoms with Gasteiger partial charge < -0.3 is 4.74 Å². The van der Waals surface area contributed by atoms with Crippen molar-refractivity contribution < 1.29 is 9.53 Å². The van der Waals surface area contributed by atoms with Crippen molar-refractivity contribution in [2.24, 2.45) is 0 Å². The van der Waals surface area contributed by atoms with E-state index in [2.05, 4.69) is 9.72 Å². The van der Waals surface area contributed by atoms with Gasteiger partial charge in [-0.25, -0.2) is 14.2 Å². The third-order valence-electron chi connectivity index (χ3n) is 3.77. The first kappa shape index (κ1) is 13.6. The van der Waals surface area contributed by atoms with E-state index in [1.807, 2.05) is 0 Å². The smallest absolute Gasteiger partial charge is 0.332 e. The molecule has 0 atom stereocenters. The molecule has 0 saturated heterocycles. The summed E-state index contributed by atoms with van der Waals surface area (Å²) in [5.41, 5.74) is 0.198. The maximum atomic E-state index is 12.7. The summed E-state index contributed by atoms with van der Waals surface area (Å²) in [7, 11) is 1.24. The van der Waals surface area contributed by atoms with E-state index in [1.165, 1.54) is 23.3 Å². The van der Waals surface area contributed by atoms with Crippen LogP contribution in [0, 0.1) is 0 Å². The van der Waals surface area contributed by atoms with Gasteiger partial charge >= 0.3 is 5.97 Å². The molecule has 4 rings (SSSR count). The molecule has 3 aromatic rings. The summed E-state index contributed by atoms with van der Waals surface area (Å²) in [5.74, 6) is -0.626. The normalized spacial score (nSPS) is 14.9. The molecule has 0 aromatic carbocycles. The lowest BCUT2D eigenvalue weighted by atomic mass is 10.2. The summed E-state index contributed by atoms with van der Waals surface area (Å²) in [6, 6.07) is 0. The van der Waals surface area contributed by atoms with E-state index in [0.717, 1.165) is 46.6 Å². The Kier molecular flexibility index (Phi) is 2.92. The zero-order valence-electron chi connectivity index (χ0n) is 11.5. The first-order valence-corrected chi connectivity index (χ1v) is 8.33. The summed E-state index contributed by atoms with van der Waals surface area (Å²) < 4.78 is 5.75. The fraction of sp³-hybridized carbons (Fsp3) is 0.286. The van der Waals surface area contributed by atoms with Gasteiger partial charge in [0.05, 0.1) is 12.5 Å². The first-order valence-electron chi connectivity index (χ1n) is 6.69. The molecule has 3 aromatic heterocycles. The zero-order valence-corrected chi connectivity index (χ0v) is 13.2. The molecule has 3 heterocycles. The minimum atomic E-state index is -0.626. The van der Waals surface area contributed by atoms with Crippen LogP contribution in [0.25, 0.3) is 21.3 Å². The van der Waals surface area contributed by atoms with Gasteiger partial charge in [-0.05, 0) is 24.8 Å². The number of thiophene rings is 1. The van der Waals surface area contributed by atoms with Gasteiger partial charge in [0.2, 0.25) is 4.96 Å². The van der Waals surface area contributed by atoms with Gasteiger partial charge in [-0.1, -0.05) is 11.3 Å². The minimum Gasteiger partial charge on any atom is -0.466 e. The Hall–Kier alpha value is -2.06. The van der Waals surface area contributed by atoms with Gasteiger partial charge in [0.15, 0.2) is 0 Å². The molecule has 0 N–H and O–H groups in total. The van der Waals surface area contributed by atoms with Crippen molar-refractivity contribution in [3.8, 4) is 0 Å². The van der Waals surface area contributed by atoms with Gasteiger partial charge in [0.25, 0.3) is 11.1 Å². The van der Waals surface area contributed by atoms with E-state index < -0.39 is 11.5 Å². The molecule has 0 bridgehead atoms. The van der Waals surface area contributed by atoms with Gasteiger partial charge in [0, 0.05) is 11.0 Å². The number of methoxy groups -OCH3 is 1. The molecular formula is C14H10N2O4S2. The highest BCUT2D eigenvalue weighted by Gasteiger charge is 2.23. The molecule has 112 valence electrons. The fourth-order valence-electron chi connectivity index (χ4n) is 2.78. The summed E-state index contributed by atoms with van der Waals surface area (Å²) in [6.07, 6.45) is 3.96. The highest BCUT2D eigenvalue weighted by atomic mass is 32.1. The quantitative estimate of drug-likeness (QED) is 0.605. The fourth-order valence-corrected chi connectivity index (χ4v) is 5.02. The zero-order chi connectivity index (χ0) is 15.4. The number of nitrogens with zero attached hydrogens (tertiary/aromatic N) is 2. The van der Waals surface area contributed by atoms with Crippen molar-refractivity contribution in [3.05, 3.63) is 35.7 Å². The van der Waals surface area contributed by atoms with E-state index in [-0.39, 0.29) is 10.1 Å². The van der Waals surface area contributed by atoms with E-state index in [0.29, 0.717) is 15.2 Å². The highest BCUT2D eigenvalue weighted by molar-refractivity contribution is 7.19.